The van der Waals surface area contributed by atoms with Crippen LogP contribution in [0.1, 0.15) is 29.9 Å². The molecule has 4 nitrogen and oxygen atoms in total. The standard InChI is InChI=1S/C16H23N3O.HI/c1-17-16(19-11-14-6-4-8-20-14)18-10-13-9-12-5-2-3-7-15(12)13;/h2-3,5,7,13-14H,4,6,8-11H2,1H3,(H2,17,18,19);1H. The van der Waals surface area contributed by atoms with Crippen molar-refractivity contribution < 1.29 is 4.74 Å². The van der Waals surface area contributed by atoms with Gasteiger partial charge in [0, 0.05) is 32.7 Å². The molecule has 1 aliphatic heterocycles. The van der Waals surface area contributed by atoms with Crippen LogP contribution in [0.15, 0.2) is 29.3 Å². The summed E-state index contributed by atoms with van der Waals surface area (Å²) in [5.74, 6) is 1.50. The van der Waals surface area contributed by atoms with Crippen LogP contribution in [0.4, 0.5) is 0 Å². The fraction of sp³-hybridized carbons (Fsp3) is 0.562. The highest BCUT2D eigenvalue weighted by Gasteiger charge is 2.25. The molecule has 1 saturated heterocycles. The Balaban J connectivity index is 0.00000161. The van der Waals surface area contributed by atoms with Crippen molar-refractivity contribution in [1.29, 1.82) is 0 Å². The molecule has 2 unspecified atom stereocenters. The fourth-order valence-electron chi connectivity index (χ4n) is 3.00. The molecule has 1 fully saturated rings. The van der Waals surface area contributed by atoms with E-state index < -0.39 is 0 Å². The average molecular weight is 401 g/mol. The Kier molecular flexibility index (Phi) is 6.29. The largest absolute Gasteiger partial charge is 0.376 e. The maximum atomic E-state index is 5.61. The van der Waals surface area contributed by atoms with E-state index in [-0.39, 0.29) is 24.0 Å². The van der Waals surface area contributed by atoms with E-state index in [1.807, 2.05) is 7.05 Å². The van der Waals surface area contributed by atoms with E-state index in [0.717, 1.165) is 32.1 Å². The molecule has 1 aliphatic carbocycles. The van der Waals surface area contributed by atoms with Crippen molar-refractivity contribution in [2.45, 2.75) is 31.3 Å². The van der Waals surface area contributed by atoms with Crippen LogP contribution < -0.4 is 10.6 Å². The number of benzene rings is 1. The van der Waals surface area contributed by atoms with Crippen molar-refractivity contribution in [2.24, 2.45) is 4.99 Å². The summed E-state index contributed by atoms with van der Waals surface area (Å²) in [6, 6.07) is 8.68. The molecule has 1 aromatic carbocycles. The Morgan fingerprint density at radius 3 is 2.81 bits per heavy atom. The van der Waals surface area contributed by atoms with Gasteiger partial charge >= 0.3 is 0 Å². The zero-order valence-electron chi connectivity index (χ0n) is 12.5. The van der Waals surface area contributed by atoms with Gasteiger partial charge in [-0.2, -0.15) is 0 Å². The molecule has 0 saturated carbocycles. The van der Waals surface area contributed by atoms with Gasteiger partial charge in [-0.05, 0) is 30.4 Å². The number of hydrogen-bond acceptors (Lipinski definition) is 2. The van der Waals surface area contributed by atoms with Gasteiger partial charge in [-0.15, -0.1) is 24.0 Å². The molecule has 5 heteroatoms. The Labute approximate surface area is 143 Å². The Hall–Kier alpha value is -0.820. The van der Waals surface area contributed by atoms with Gasteiger partial charge in [0.25, 0.3) is 0 Å². The van der Waals surface area contributed by atoms with E-state index in [1.54, 1.807) is 0 Å². The van der Waals surface area contributed by atoms with Crippen molar-refractivity contribution >= 4 is 29.9 Å². The Morgan fingerprint density at radius 2 is 2.10 bits per heavy atom. The Bertz CT molecular complexity index is 486. The zero-order valence-corrected chi connectivity index (χ0v) is 14.8. The number of hydrogen-bond donors (Lipinski definition) is 2. The van der Waals surface area contributed by atoms with Gasteiger partial charge in [0.05, 0.1) is 6.10 Å². The first-order valence-electron chi connectivity index (χ1n) is 7.50. The smallest absolute Gasteiger partial charge is 0.191 e. The van der Waals surface area contributed by atoms with Crippen LogP contribution >= 0.6 is 24.0 Å². The molecule has 0 bridgehead atoms. The highest BCUT2D eigenvalue weighted by Crippen LogP contribution is 2.33. The highest BCUT2D eigenvalue weighted by molar-refractivity contribution is 14.0. The van der Waals surface area contributed by atoms with Crippen LogP contribution in [0.3, 0.4) is 0 Å². The van der Waals surface area contributed by atoms with E-state index in [0.29, 0.717) is 12.0 Å². The predicted molar refractivity (Wildman–Crippen MR) is 96.6 cm³/mol. The van der Waals surface area contributed by atoms with Gasteiger partial charge in [-0.25, -0.2) is 0 Å². The van der Waals surface area contributed by atoms with Crippen LogP contribution in [0.5, 0.6) is 0 Å². The number of nitrogens with zero attached hydrogens (tertiary/aromatic N) is 1. The second-order valence-electron chi connectivity index (χ2n) is 5.57. The first kappa shape index (κ1) is 16.5. The van der Waals surface area contributed by atoms with E-state index >= 15 is 0 Å². The quantitative estimate of drug-likeness (QED) is 0.463. The molecule has 0 amide bonds. The highest BCUT2D eigenvalue weighted by atomic mass is 127. The third kappa shape index (κ3) is 4.10. The molecule has 0 aromatic heterocycles. The van der Waals surface area contributed by atoms with E-state index in [4.69, 9.17) is 4.74 Å². The lowest BCUT2D eigenvalue weighted by molar-refractivity contribution is 0.114. The number of nitrogens with one attached hydrogen (secondary N) is 2. The van der Waals surface area contributed by atoms with Gasteiger partial charge in [-0.3, -0.25) is 4.99 Å². The number of rotatable bonds is 4. The summed E-state index contributed by atoms with van der Waals surface area (Å²) in [6.45, 7) is 2.69. The second kappa shape index (κ2) is 7.98. The summed E-state index contributed by atoms with van der Waals surface area (Å²) in [5, 5.41) is 6.77. The topological polar surface area (TPSA) is 45.7 Å². The van der Waals surface area contributed by atoms with Crippen molar-refractivity contribution in [3.8, 4) is 0 Å². The third-order valence-electron chi connectivity index (χ3n) is 4.22. The van der Waals surface area contributed by atoms with Crippen molar-refractivity contribution in [3.05, 3.63) is 35.4 Å². The van der Waals surface area contributed by atoms with E-state index in [2.05, 4.69) is 39.9 Å². The average Bonchev–Trinajstić information content (AvgIpc) is 2.96. The number of fused-ring (bicyclic) bond motifs is 1. The molecule has 0 radical (unpaired) electrons. The second-order valence-corrected chi connectivity index (χ2v) is 5.57. The molecule has 0 spiro atoms. The van der Waals surface area contributed by atoms with Crippen LogP contribution in [0.25, 0.3) is 0 Å². The van der Waals surface area contributed by atoms with Crippen molar-refractivity contribution in [2.75, 3.05) is 26.7 Å². The molecule has 3 rings (SSSR count). The van der Waals surface area contributed by atoms with Gasteiger partial charge in [-0.1, -0.05) is 24.3 Å². The normalized spacial score (nSPS) is 23.8. The minimum atomic E-state index is 0. The minimum absolute atomic E-state index is 0. The first-order chi connectivity index (χ1) is 9.86. The molecule has 21 heavy (non-hydrogen) atoms. The lowest BCUT2D eigenvalue weighted by atomic mass is 9.78. The fourth-order valence-corrected chi connectivity index (χ4v) is 3.00. The van der Waals surface area contributed by atoms with Crippen molar-refractivity contribution in [3.63, 3.8) is 0 Å². The number of guanidine groups is 1. The minimum Gasteiger partial charge on any atom is -0.376 e. The number of halogens is 1. The summed E-state index contributed by atoms with van der Waals surface area (Å²) in [7, 11) is 1.82. The summed E-state index contributed by atoms with van der Waals surface area (Å²) in [5.41, 5.74) is 2.97. The summed E-state index contributed by atoms with van der Waals surface area (Å²) < 4.78 is 5.61. The van der Waals surface area contributed by atoms with Crippen LogP contribution in [0, 0.1) is 0 Å². The summed E-state index contributed by atoms with van der Waals surface area (Å²) in [4.78, 5) is 4.27. The lowest BCUT2D eigenvalue weighted by Crippen LogP contribution is -2.43. The molecule has 1 aromatic rings. The van der Waals surface area contributed by atoms with E-state index in [1.165, 1.54) is 24.0 Å². The van der Waals surface area contributed by atoms with Gasteiger partial charge < -0.3 is 15.4 Å². The van der Waals surface area contributed by atoms with Crippen LogP contribution in [-0.4, -0.2) is 38.8 Å². The molecule has 2 aliphatic rings. The molecule has 1 heterocycles. The van der Waals surface area contributed by atoms with Gasteiger partial charge in [0.15, 0.2) is 5.96 Å². The van der Waals surface area contributed by atoms with E-state index in [9.17, 15) is 0 Å². The number of aliphatic imine (C=N–C) groups is 1. The van der Waals surface area contributed by atoms with Crippen LogP contribution in [0.2, 0.25) is 0 Å². The Morgan fingerprint density at radius 1 is 1.29 bits per heavy atom. The van der Waals surface area contributed by atoms with Gasteiger partial charge in [0.1, 0.15) is 0 Å². The maximum Gasteiger partial charge on any atom is 0.191 e. The summed E-state index contributed by atoms with van der Waals surface area (Å²) >= 11 is 0. The third-order valence-corrected chi connectivity index (χ3v) is 4.22. The summed E-state index contributed by atoms with van der Waals surface area (Å²) in [6.07, 6.45) is 3.85. The molecular formula is C16H24IN3O. The van der Waals surface area contributed by atoms with Crippen LogP contribution in [-0.2, 0) is 11.2 Å². The molecule has 2 N–H and O–H groups in total. The zero-order chi connectivity index (χ0) is 13.8. The lowest BCUT2D eigenvalue weighted by Gasteiger charge is -2.30. The number of ether oxygens (including phenoxy) is 1. The SMILES string of the molecule is CN=C(NCC1CCCO1)NCC1Cc2ccccc21.I. The first-order valence-corrected chi connectivity index (χ1v) is 7.50. The maximum absolute atomic E-state index is 5.61. The molecule has 2 atom stereocenters. The molecular weight excluding hydrogens is 377 g/mol. The van der Waals surface area contributed by atoms with Crippen molar-refractivity contribution in [1.82, 2.24) is 10.6 Å². The monoisotopic (exact) mass is 401 g/mol. The predicted octanol–water partition coefficient (Wildman–Crippen LogP) is 2.29. The molecule has 116 valence electrons. The van der Waals surface area contributed by atoms with Gasteiger partial charge in [0.2, 0.25) is 0 Å².